The van der Waals surface area contributed by atoms with E-state index in [2.05, 4.69) is 12.1 Å². The van der Waals surface area contributed by atoms with E-state index in [1.807, 2.05) is 24.3 Å². The van der Waals surface area contributed by atoms with Gasteiger partial charge in [-0.25, -0.2) is 0 Å². The summed E-state index contributed by atoms with van der Waals surface area (Å²) in [6, 6.07) is 17.0. The first kappa shape index (κ1) is 24.0. The average molecular weight is 402 g/mol. The van der Waals surface area contributed by atoms with Gasteiger partial charge in [-0.3, -0.25) is 9.59 Å². The van der Waals surface area contributed by atoms with Crippen LogP contribution in [0.3, 0.4) is 0 Å². The molecule has 0 aliphatic heterocycles. The van der Waals surface area contributed by atoms with Gasteiger partial charge in [-0.05, 0) is 30.5 Å². The number of aliphatic carboxylic acids is 2. The summed E-state index contributed by atoms with van der Waals surface area (Å²) in [7, 11) is 0. The molecule has 0 saturated heterocycles. The Kier molecular flexibility index (Phi) is 12.4. The van der Waals surface area contributed by atoms with Crippen molar-refractivity contribution in [2.45, 2.75) is 51.4 Å². The molecule has 3 N–H and O–H groups in total. The SMILES string of the molecule is O=C(O)CCCCCCCC(=O)O.Oc1cccc(OCCc2ccccc2)c1. The number of aromatic hydroxyl groups is 1. The van der Waals surface area contributed by atoms with Crippen LogP contribution in [0, 0.1) is 0 Å². The molecule has 0 saturated carbocycles. The van der Waals surface area contributed by atoms with Crippen LogP contribution in [-0.2, 0) is 16.0 Å². The standard InChI is InChI=1S/C14H14O2.C9H16O4/c15-13-7-4-8-14(11-13)16-10-9-12-5-2-1-3-6-12;10-8(11)6-4-2-1-3-5-7-9(12)13/h1-8,11,15H,9-10H2;1-7H2,(H,10,11)(H,12,13). The molecule has 2 aromatic rings. The van der Waals surface area contributed by atoms with Crippen molar-refractivity contribution < 1.29 is 29.6 Å². The molecule has 2 rings (SSSR count). The van der Waals surface area contributed by atoms with Crippen LogP contribution in [0.15, 0.2) is 54.6 Å². The monoisotopic (exact) mass is 402 g/mol. The minimum Gasteiger partial charge on any atom is -0.508 e. The quantitative estimate of drug-likeness (QED) is 0.436. The average Bonchev–Trinajstić information content (AvgIpc) is 2.68. The molecule has 0 unspecified atom stereocenters. The van der Waals surface area contributed by atoms with Crippen molar-refractivity contribution in [1.29, 1.82) is 0 Å². The van der Waals surface area contributed by atoms with Crippen molar-refractivity contribution >= 4 is 11.9 Å². The van der Waals surface area contributed by atoms with Crippen molar-refractivity contribution in [3.05, 3.63) is 60.2 Å². The molecule has 6 heteroatoms. The van der Waals surface area contributed by atoms with Gasteiger partial charge in [0.25, 0.3) is 0 Å². The first-order chi connectivity index (χ1) is 14.0. The van der Waals surface area contributed by atoms with Crippen LogP contribution in [0.1, 0.15) is 50.5 Å². The number of carbonyl (C=O) groups is 2. The van der Waals surface area contributed by atoms with E-state index < -0.39 is 11.9 Å². The lowest BCUT2D eigenvalue weighted by Crippen LogP contribution is -2.00. The third kappa shape index (κ3) is 13.7. The van der Waals surface area contributed by atoms with E-state index in [4.69, 9.17) is 14.9 Å². The first-order valence-corrected chi connectivity index (χ1v) is 9.86. The lowest BCUT2D eigenvalue weighted by atomic mass is 10.1. The van der Waals surface area contributed by atoms with Crippen LogP contribution in [0.2, 0.25) is 0 Å². The Morgan fingerprint density at radius 1 is 0.759 bits per heavy atom. The fraction of sp³-hybridized carbons (Fsp3) is 0.391. The van der Waals surface area contributed by atoms with Crippen LogP contribution >= 0.6 is 0 Å². The molecular formula is C23H30O6. The van der Waals surface area contributed by atoms with Crippen molar-refractivity contribution in [3.8, 4) is 11.5 Å². The Labute approximate surface area is 171 Å². The van der Waals surface area contributed by atoms with E-state index in [-0.39, 0.29) is 18.6 Å². The molecule has 0 aromatic heterocycles. The molecule has 158 valence electrons. The Morgan fingerprint density at radius 3 is 1.90 bits per heavy atom. The fourth-order valence-electron chi connectivity index (χ4n) is 2.59. The van der Waals surface area contributed by atoms with Crippen LogP contribution in [0.5, 0.6) is 11.5 Å². The van der Waals surface area contributed by atoms with Crippen molar-refractivity contribution in [2.24, 2.45) is 0 Å². The highest BCUT2D eigenvalue weighted by molar-refractivity contribution is 5.66. The number of phenols is 1. The van der Waals surface area contributed by atoms with Gasteiger partial charge in [0.05, 0.1) is 6.61 Å². The normalized spacial score (nSPS) is 9.93. The second-order valence-electron chi connectivity index (χ2n) is 6.64. The number of benzene rings is 2. The lowest BCUT2D eigenvalue weighted by Gasteiger charge is -2.06. The minimum absolute atomic E-state index is 0.221. The van der Waals surface area contributed by atoms with E-state index in [9.17, 15) is 14.7 Å². The molecule has 0 amide bonds. The molecule has 0 bridgehead atoms. The van der Waals surface area contributed by atoms with E-state index >= 15 is 0 Å². The fourth-order valence-corrected chi connectivity index (χ4v) is 2.59. The molecule has 0 aliphatic rings. The number of ether oxygens (including phenoxy) is 1. The highest BCUT2D eigenvalue weighted by atomic mass is 16.5. The maximum atomic E-state index is 10.1. The molecule has 0 heterocycles. The number of carboxylic acid groups (broad SMARTS) is 2. The van der Waals surface area contributed by atoms with Crippen LogP contribution in [0.25, 0.3) is 0 Å². The van der Waals surface area contributed by atoms with E-state index in [0.717, 1.165) is 25.7 Å². The highest BCUT2D eigenvalue weighted by Crippen LogP contribution is 2.17. The smallest absolute Gasteiger partial charge is 0.303 e. The predicted molar refractivity (Wildman–Crippen MR) is 111 cm³/mol. The summed E-state index contributed by atoms with van der Waals surface area (Å²) in [5.41, 5.74) is 1.25. The van der Waals surface area contributed by atoms with Crippen molar-refractivity contribution in [1.82, 2.24) is 0 Å². The molecule has 2 aromatic carbocycles. The zero-order valence-electron chi connectivity index (χ0n) is 16.6. The minimum atomic E-state index is -0.759. The molecule has 0 aliphatic carbocycles. The summed E-state index contributed by atoms with van der Waals surface area (Å²) < 4.78 is 5.53. The van der Waals surface area contributed by atoms with Crippen LogP contribution in [-0.4, -0.2) is 33.9 Å². The number of hydrogen-bond acceptors (Lipinski definition) is 4. The number of carboxylic acids is 2. The topological polar surface area (TPSA) is 104 Å². The van der Waals surface area contributed by atoms with Gasteiger partial charge >= 0.3 is 11.9 Å². The van der Waals surface area contributed by atoms with Gasteiger partial charge in [0, 0.05) is 25.3 Å². The van der Waals surface area contributed by atoms with Gasteiger partial charge in [-0.2, -0.15) is 0 Å². The summed E-state index contributed by atoms with van der Waals surface area (Å²) in [5, 5.41) is 25.9. The zero-order valence-corrected chi connectivity index (χ0v) is 16.6. The number of phenolic OH excluding ortho intramolecular Hbond substituents is 1. The molecule has 0 atom stereocenters. The van der Waals surface area contributed by atoms with Gasteiger partial charge in [0.1, 0.15) is 11.5 Å². The Bertz CT molecular complexity index is 696. The van der Waals surface area contributed by atoms with Crippen molar-refractivity contribution in [3.63, 3.8) is 0 Å². The van der Waals surface area contributed by atoms with E-state index in [1.165, 1.54) is 5.56 Å². The largest absolute Gasteiger partial charge is 0.508 e. The second-order valence-corrected chi connectivity index (χ2v) is 6.64. The molecule has 0 fully saturated rings. The Balaban J connectivity index is 0.000000298. The summed E-state index contributed by atoms with van der Waals surface area (Å²) in [5.74, 6) is -0.579. The second kappa shape index (κ2) is 15.0. The molecule has 0 spiro atoms. The summed E-state index contributed by atoms with van der Waals surface area (Å²) in [6.45, 7) is 0.619. The third-order valence-corrected chi connectivity index (χ3v) is 4.10. The molecule has 6 nitrogen and oxygen atoms in total. The van der Waals surface area contributed by atoms with Gasteiger partial charge in [0.2, 0.25) is 0 Å². The maximum Gasteiger partial charge on any atom is 0.303 e. The van der Waals surface area contributed by atoms with Gasteiger partial charge in [-0.1, -0.05) is 55.7 Å². The van der Waals surface area contributed by atoms with Gasteiger partial charge < -0.3 is 20.1 Å². The lowest BCUT2D eigenvalue weighted by molar-refractivity contribution is -0.138. The first-order valence-electron chi connectivity index (χ1n) is 9.86. The summed E-state index contributed by atoms with van der Waals surface area (Å²) in [4.78, 5) is 20.2. The van der Waals surface area contributed by atoms with E-state index in [0.29, 0.717) is 25.2 Å². The molecule has 29 heavy (non-hydrogen) atoms. The molecule has 0 radical (unpaired) electrons. The highest BCUT2D eigenvalue weighted by Gasteiger charge is 1.98. The van der Waals surface area contributed by atoms with Crippen LogP contribution in [0.4, 0.5) is 0 Å². The predicted octanol–water partition coefficient (Wildman–Crippen LogP) is 4.90. The maximum absolute atomic E-state index is 10.1. The number of hydrogen-bond donors (Lipinski definition) is 3. The Morgan fingerprint density at radius 2 is 1.34 bits per heavy atom. The van der Waals surface area contributed by atoms with Gasteiger partial charge in [-0.15, -0.1) is 0 Å². The zero-order chi connectivity index (χ0) is 21.3. The van der Waals surface area contributed by atoms with Crippen molar-refractivity contribution in [2.75, 3.05) is 6.61 Å². The summed E-state index contributed by atoms with van der Waals surface area (Å²) in [6.07, 6.45) is 5.40. The molecular weight excluding hydrogens is 372 g/mol. The Hall–Kier alpha value is -3.02. The number of rotatable bonds is 12. The summed E-state index contributed by atoms with van der Waals surface area (Å²) >= 11 is 0. The van der Waals surface area contributed by atoms with Crippen LogP contribution < -0.4 is 4.74 Å². The van der Waals surface area contributed by atoms with Gasteiger partial charge in [0.15, 0.2) is 0 Å². The third-order valence-electron chi connectivity index (χ3n) is 4.10. The van der Waals surface area contributed by atoms with E-state index in [1.54, 1.807) is 18.2 Å². The number of unbranched alkanes of at least 4 members (excludes halogenated alkanes) is 4.